The van der Waals surface area contributed by atoms with Crippen molar-refractivity contribution in [2.45, 2.75) is 25.3 Å². The highest BCUT2D eigenvalue weighted by atomic mass is 79.9. The molecule has 2 N–H and O–H groups in total. The first-order chi connectivity index (χ1) is 12.1. The van der Waals surface area contributed by atoms with Gasteiger partial charge in [-0.1, -0.05) is 28.4 Å². The van der Waals surface area contributed by atoms with E-state index in [0.717, 1.165) is 35.8 Å². The van der Waals surface area contributed by atoms with Crippen molar-refractivity contribution in [1.82, 2.24) is 20.7 Å². The molecule has 3 rings (SSSR count). The first-order valence-electron chi connectivity index (χ1n) is 8.17. The van der Waals surface area contributed by atoms with E-state index in [-0.39, 0.29) is 11.9 Å². The molecule has 1 atom stereocenters. The molecule has 0 saturated carbocycles. The lowest BCUT2D eigenvalue weighted by Gasteiger charge is -2.36. The van der Waals surface area contributed by atoms with E-state index in [1.807, 2.05) is 24.4 Å². The molecule has 2 aromatic rings. The van der Waals surface area contributed by atoms with Gasteiger partial charge in [0.05, 0.1) is 6.04 Å². The maximum Gasteiger partial charge on any atom is 0.257 e. The molecule has 0 bridgehead atoms. The Kier molecular flexibility index (Phi) is 6.12. The number of piperidine rings is 1. The number of rotatable bonds is 3. The molecule has 0 spiro atoms. The molecule has 0 unspecified atom stereocenters. The summed E-state index contributed by atoms with van der Waals surface area (Å²) in [6.45, 7) is 0.869. The van der Waals surface area contributed by atoms with Crippen molar-refractivity contribution in [3.05, 3.63) is 64.4 Å². The molecule has 0 radical (unpaired) electrons. The SMILES string of the molecule is O=C(NC(=S)NN1CCCC[C@H]1c1cccnc1)c1ccc(Br)cc1. The van der Waals surface area contributed by atoms with E-state index in [1.54, 1.807) is 18.3 Å². The average molecular weight is 419 g/mol. The molecule has 1 aliphatic heterocycles. The molecule has 1 aromatic carbocycles. The van der Waals surface area contributed by atoms with Gasteiger partial charge in [-0.25, -0.2) is 5.01 Å². The quantitative estimate of drug-likeness (QED) is 0.745. The molecule has 0 aliphatic carbocycles. The van der Waals surface area contributed by atoms with Crippen LogP contribution in [0, 0.1) is 0 Å². The van der Waals surface area contributed by atoms with Gasteiger partial charge in [-0.2, -0.15) is 0 Å². The number of halogens is 1. The van der Waals surface area contributed by atoms with E-state index in [1.165, 1.54) is 0 Å². The number of nitrogens with zero attached hydrogens (tertiary/aromatic N) is 2. The van der Waals surface area contributed by atoms with Crippen LogP contribution in [0.15, 0.2) is 53.3 Å². The number of pyridine rings is 1. The number of carbonyl (C=O) groups excluding carboxylic acids is 1. The highest BCUT2D eigenvalue weighted by Crippen LogP contribution is 2.28. The van der Waals surface area contributed by atoms with Gasteiger partial charge in [-0.05, 0) is 61.0 Å². The third-order valence-corrected chi connectivity index (χ3v) is 4.87. The van der Waals surface area contributed by atoms with Crippen molar-refractivity contribution >= 4 is 39.2 Å². The van der Waals surface area contributed by atoms with Crippen LogP contribution in [0.5, 0.6) is 0 Å². The van der Waals surface area contributed by atoms with Crippen LogP contribution in [0.25, 0.3) is 0 Å². The minimum absolute atomic E-state index is 0.199. The van der Waals surface area contributed by atoms with Crippen LogP contribution in [0.3, 0.4) is 0 Å². The van der Waals surface area contributed by atoms with Gasteiger partial charge < -0.3 is 0 Å². The standard InChI is InChI=1S/C18H19BrN4OS/c19-15-8-6-13(7-9-15)17(24)21-18(25)22-23-11-2-1-5-16(23)14-4-3-10-20-12-14/h3-4,6-10,12,16H,1-2,5,11H2,(H2,21,22,24,25)/t16-/m0/s1. The molecule has 1 amide bonds. The number of hydrogen-bond acceptors (Lipinski definition) is 4. The predicted octanol–water partition coefficient (Wildman–Crippen LogP) is 3.59. The van der Waals surface area contributed by atoms with E-state index in [0.29, 0.717) is 10.7 Å². The topological polar surface area (TPSA) is 57.3 Å². The van der Waals surface area contributed by atoms with Crippen molar-refractivity contribution in [1.29, 1.82) is 0 Å². The van der Waals surface area contributed by atoms with Gasteiger partial charge in [-0.3, -0.25) is 20.5 Å². The highest BCUT2D eigenvalue weighted by molar-refractivity contribution is 9.10. The second kappa shape index (κ2) is 8.51. The Labute approximate surface area is 160 Å². The summed E-state index contributed by atoms with van der Waals surface area (Å²) in [7, 11) is 0. The van der Waals surface area contributed by atoms with Crippen LogP contribution in [0.4, 0.5) is 0 Å². The maximum absolute atomic E-state index is 12.3. The van der Waals surface area contributed by atoms with Gasteiger partial charge in [-0.15, -0.1) is 0 Å². The Hall–Kier alpha value is -1.83. The first-order valence-corrected chi connectivity index (χ1v) is 9.38. The number of nitrogens with one attached hydrogen (secondary N) is 2. The Bertz CT molecular complexity index is 739. The van der Waals surface area contributed by atoms with Crippen molar-refractivity contribution in [3.8, 4) is 0 Å². The molecule has 5 nitrogen and oxygen atoms in total. The van der Waals surface area contributed by atoms with E-state index in [4.69, 9.17) is 12.2 Å². The molecule has 2 heterocycles. The van der Waals surface area contributed by atoms with Gasteiger partial charge in [0.15, 0.2) is 5.11 Å². The molecular weight excluding hydrogens is 400 g/mol. The lowest BCUT2D eigenvalue weighted by molar-refractivity contribution is 0.0957. The predicted molar refractivity (Wildman–Crippen MR) is 105 cm³/mol. The Morgan fingerprint density at radius 1 is 1.24 bits per heavy atom. The van der Waals surface area contributed by atoms with Crippen LogP contribution in [-0.4, -0.2) is 27.6 Å². The average Bonchev–Trinajstić information content (AvgIpc) is 2.63. The summed E-state index contributed by atoms with van der Waals surface area (Å²) in [5.74, 6) is -0.222. The van der Waals surface area contributed by atoms with Gasteiger partial charge in [0.2, 0.25) is 0 Å². The monoisotopic (exact) mass is 418 g/mol. The molecule has 7 heteroatoms. The fourth-order valence-electron chi connectivity index (χ4n) is 2.92. The molecule has 1 aromatic heterocycles. The number of benzene rings is 1. The molecule has 130 valence electrons. The zero-order valence-electron chi connectivity index (χ0n) is 13.6. The summed E-state index contributed by atoms with van der Waals surface area (Å²) in [4.78, 5) is 16.5. The third-order valence-electron chi connectivity index (χ3n) is 4.15. The van der Waals surface area contributed by atoms with E-state index < -0.39 is 0 Å². The number of hydrazine groups is 1. The van der Waals surface area contributed by atoms with Crippen LogP contribution in [0.1, 0.15) is 41.2 Å². The minimum Gasteiger partial charge on any atom is -0.298 e. The molecule has 1 aliphatic rings. The van der Waals surface area contributed by atoms with E-state index >= 15 is 0 Å². The Morgan fingerprint density at radius 3 is 2.76 bits per heavy atom. The van der Waals surface area contributed by atoms with Crippen molar-refractivity contribution < 1.29 is 4.79 Å². The van der Waals surface area contributed by atoms with Gasteiger partial charge in [0.25, 0.3) is 5.91 Å². The summed E-state index contributed by atoms with van der Waals surface area (Å²) >= 11 is 8.69. The molecule has 25 heavy (non-hydrogen) atoms. The van der Waals surface area contributed by atoms with Crippen molar-refractivity contribution in [3.63, 3.8) is 0 Å². The van der Waals surface area contributed by atoms with Crippen LogP contribution in [-0.2, 0) is 0 Å². The lowest BCUT2D eigenvalue weighted by Crippen LogP contribution is -2.51. The fourth-order valence-corrected chi connectivity index (χ4v) is 3.39. The van der Waals surface area contributed by atoms with Crippen LogP contribution >= 0.6 is 28.1 Å². The lowest BCUT2D eigenvalue weighted by atomic mass is 9.98. The fraction of sp³-hybridized carbons (Fsp3) is 0.278. The van der Waals surface area contributed by atoms with Gasteiger partial charge in [0, 0.05) is 29.0 Å². The maximum atomic E-state index is 12.3. The van der Waals surface area contributed by atoms with E-state index in [9.17, 15) is 4.79 Å². The van der Waals surface area contributed by atoms with Gasteiger partial charge >= 0.3 is 0 Å². The number of hydrogen-bond donors (Lipinski definition) is 2. The number of aromatic nitrogens is 1. The van der Waals surface area contributed by atoms with Crippen molar-refractivity contribution in [2.75, 3.05) is 6.54 Å². The smallest absolute Gasteiger partial charge is 0.257 e. The summed E-state index contributed by atoms with van der Waals surface area (Å²) in [5, 5.41) is 5.14. The Morgan fingerprint density at radius 2 is 2.04 bits per heavy atom. The van der Waals surface area contributed by atoms with Crippen LogP contribution < -0.4 is 10.7 Å². The summed E-state index contributed by atoms with van der Waals surface area (Å²) in [5.41, 5.74) is 4.89. The normalized spacial score (nSPS) is 17.7. The largest absolute Gasteiger partial charge is 0.298 e. The highest BCUT2D eigenvalue weighted by Gasteiger charge is 2.25. The number of thiocarbonyl (C=S) groups is 1. The summed E-state index contributed by atoms with van der Waals surface area (Å²) in [6, 6.07) is 11.4. The number of amides is 1. The number of carbonyl (C=O) groups is 1. The molecular formula is C18H19BrN4OS. The first kappa shape index (κ1) is 18.0. The van der Waals surface area contributed by atoms with Gasteiger partial charge in [0.1, 0.15) is 0 Å². The summed E-state index contributed by atoms with van der Waals surface area (Å²) in [6.07, 6.45) is 6.94. The van der Waals surface area contributed by atoms with Crippen LogP contribution in [0.2, 0.25) is 0 Å². The van der Waals surface area contributed by atoms with E-state index in [2.05, 4.69) is 42.7 Å². The molecule has 1 fully saturated rings. The zero-order valence-corrected chi connectivity index (χ0v) is 16.0. The minimum atomic E-state index is -0.222. The second-order valence-corrected chi connectivity index (χ2v) is 7.22. The Balaban J connectivity index is 1.62. The second-order valence-electron chi connectivity index (χ2n) is 5.89. The molecule has 1 saturated heterocycles. The zero-order chi connectivity index (χ0) is 17.6. The van der Waals surface area contributed by atoms with Crippen molar-refractivity contribution in [2.24, 2.45) is 0 Å². The summed E-state index contributed by atoms with van der Waals surface area (Å²) < 4.78 is 0.928. The third kappa shape index (κ3) is 4.84.